The van der Waals surface area contributed by atoms with Crippen molar-refractivity contribution in [2.75, 3.05) is 36.2 Å². The average Bonchev–Trinajstić information content (AvgIpc) is 3.37. The summed E-state index contributed by atoms with van der Waals surface area (Å²) in [5, 5.41) is 9.59. The maximum atomic E-state index is 14.3. The third-order valence-corrected chi connectivity index (χ3v) is 6.61. The number of anilines is 2. The number of rotatable bonds is 11. The Labute approximate surface area is 172 Å². The fourth-order valence-corrected chi connectivity index (χ4v) is 4.80. The number of unbranched alkanes of at least 4 members (excludes halogenated alkanes) is 1. The molecule has 12 heteroatoms. The first-order chi connectivity index (χ1) is 14.0. The summed E-state index contributed by atoms with van der Waals surface area (Å²) in [6, 6.07) is 2.06. The first-order valence-corrected chi connectivity index (χ1v) is 11.7. The molecule has 1 fully saturated rings. The van der Waals surface area contributed by atoms with Gasteiger partial charge >= 0.3 is 0 Å². The van der Waals surface area contributed by atoms with Crippen molar-refractivity contribution in [1.29, 1.82) is 0 Å². The van der Waals surface area contributed by atoms with Crippen molar-refractivity contribution in [3.05, 3.63) is 30.1 Å². The Kier molecular flexibility index (Phi) is 7.70. The fraction of sp³-hybridized carbons (Fsp3) is 0.529. The molecule has 1 aliphatic heterocycles. The number of halogens is 2. The third kappa shape index (κ3) is 6.29. The van der Waals surface area contributed by atoms with Gasteiger partial charge in [0.05, 0.1) is 5.69 Å². The minimum Gasteiger partial charge on any atom is -0.383 e. The summed E-state index contributed by atoms with van der Waals surface area (Å²) in [6.07, 6.45) is 5.23. The van der Waals surface area contributed by atoms with Gasteiger partial charge in [0.25, 0.3) is 10.0 Å². The molecular weight excluding hydrogens is 422 g/mol. The van der Waals surface area contributed by atoms with E-state index in [0.717, 1.165) is 56.4 Å². The smallest absolute Gasteiger partial charge is 0.266 e. The van der Waals surface area contributed by atoms with Crippen molar-refractivity contribution in [3.8, 4) is 0 Å². The highest BCUT2D eigenvalue weighted by Gasteiger charge is 2.23. The van der Waals surface area contributed by atoms with Gasteiger partial charge in [0.2, 0.25) is 5.13 Å². The standard InChI is InChI=1S/C17H24F2N6O2S2/c18-13-9-16(29(26,27)25-17-23-11-24-28-17)14(19)8-15(13)22-6-2-1-5-20-10-12-4-3-7-21-12/h8-9,11-12,20-22H,1-7,10H2,(H,23,24,25)/t12-/m0/s1. The molecule has 2 aromatic rings. The van der Waals surface area contributed by atoms with Gasteiger partial charge in [-0.3, -0.25) is 4.72 Å². The summed E-state index contributed by atoms with van der Waals surface area (Å²) in [5.74, 6) is -1.88. The highest BCUT2D eigenvalue weighted by Crippen LogP contribution is 2.25. The van der Waals surface area contributed by atoms with Gasteiger partial charge < -0.3 is 16.0 Å². The normalized spacial score (nSPS) is 16.8. The summed E-state index contributed by atoms with van der Waals surface area (Å²) in [7, 11) is -4.29. The molecule has 4 N–H and O–H groups in total. The van der Waals surface area contributed by atoms with Gasteiger partial charge in [-0.2, -0.15) is 4.37 Å². The fourth-order valence-electron chi connectivity index (χ4n) is 3.06. The second-order valence-corrected chi connectivity index (χ2v) is 9.18. The molecule has 29 heavy (non-hydrogen) atoms. The molecule has 1 aromatic heterocycles. The van der Waals surface area contributed by atoms with Gasteiger partial charge in [0, 0.05) is 36.7 Å². The van der Waals surface area contributed by atoms with Crippen LogP contribution in [0.3, 0.4) is 0 Å². The molecule has 0 spiro atoms. The van der Waals surface area contributed by atoms with Gasteiger partial charge in [-0.1, -0.05) is 0 Å². The van der Waals surface area contributed by atoms with Crippen LogP contribution in [0.2, 0.25) is 0 Å². The molecule has 1 atom stereocenters. The Morgan fingerprint density at radius 2 is 2.03 bits per heavy atom. The minimum absolute atomic E-state index is 0.0238. The van der Waals surface area contributed by atoms with Crippen LogP contribution >= 0.6 is 11.5 Å². The SMILES string of the molecule is O=S(=O)(Nc1ncns1)c1cc(F)c(NCCCCNC[C@@H]2CCCN2)cc1F. The lowest BCUT2D eigenvalue weighted by Gasteiger charge is -2.12. The minimum atomic E-state index is -4.29. The van der Waals surface area contributed by atoms with Crippen LogP contribution in [0.25, 0.3) is 0 Å². The van der Waals surface area contributed by atoms with Crippen molar-refractivity contribution in [1.82, 2.24) is 20.0 Å². The summed E-state index contributed by atoms with van der Waals surface area (Å²) < 4.78 is 58.8. The van der Waals surface area contributed by atoms with Crippen molar-refractivity contribution in [2.24, 2.45) is 0 Å². The van der Waals surface area contributed by atoms with Crippen molar-refractivity contribution in [2.45, 2.75) is 36.6 Å². The van der Waals surface area contributed by atoms with E-state index in [1.165, 1.54) is 12.8 Å². The second kappa shape index (κ2) is 10.2. The number of sulfonamides is 1. The highest BCUT2D eigenvalue weighted by molar-refractivity contribution is 7.93. The summed E-state index contributed by atoms with van der Waals surface area (Å²) in [6.45, 7) is 3.32. The second-order valence-electron chi connectivity index (χ2n) is 6.75. The van der Waals surface area contributed by atoms with Crippen LogP contribution in [0.1, 0.15) is 25.7 Å². The first-order valence-electron chi connectivity index (χ1n) is 9.42. The molecule has 2 heterocycles. The molecule has 0 radical (unpaired) electrons. The number of hydrogen-bond donors (Lipinski definition) is 4. The Morgan fingerprint density at radius 1 is 1.21 bits per heavy atom. The molecule has 1 aromatic carbocycles. The van der Waals surface area contributed by atoms with Gasteiger partial charge in [-0.15, -0.1) is 0 Å². The lowest BCUT2D eigenvalue weighted by atomic mass is 10.2. The van der Waals surface area contributed by atoms with E-state index >= 15 is 0 Å². The number of nitrogens with one attached hydrogen (secondary N) is 4. The van der Waals surface area contributed by atoms with Gasteiger partial charge in [-0.25, -0.2) is 22.2 Å². The number of hydrogen-bond acceptors (Lipinski definition) is 8. The average molecular weight is 447 g/mol. The lowest BCUT2D eigenvalue weighted by Crippen LogP contribution is -2.34. The summed E-state index contributed by atoms with van der Waals surface area (Å²) >= 11 is 0.795. The molecule has 0 amide bonds. The van der Waals surface area contributed by atoms with E-state index in [9.17, 15) is 17.2 Å². The van der Waals surface area contributed by atoms with Crippen molar-refractivity contribution >= 4 is 32.4 Å². The molecule has 0 aliphatic carbocycles. The molecule has 0 bridgehead atoms. The Morgan fingerprint density at radius 3 is 2.76 bits per heavy atom. The quantitative estimate of drug-likeness (QED) is 0.392. The predicted octanol–water partition coefficient (Wildman–Crippen LogP) is 2.15. The van der Waals surface area contributed by atoms with Crippen LogP contribution in [0, 0.1) is 11.6 Å². The maximum absolute atomic E-state index is 14.3. The van der Waals surface area contributed by atoms with Gasteiger partial charge in [0.15, 0.2) is 0 Å². The third-order valence-electron chi connectivity index (χ3n) is 4.54. The molecular formula is C17H24F2N6O2S2. The van der Waals surface area contributed by atoms with E-state index in [2.05, 4.69) is 30.0 Å². The van der Waals surface area contributed by atoms with Gasteiger partial charge in [-0.05, 0) is 44.8 Å². The van der Waals surface area contributed by atoms with Crippen molar-refractivity contribution < 1.29 is 17.2 Å². The van der Waals surface area contributed by atoms with Gasteiger partial charge in [0.1, 0.15) is 22.9 Å². The van der Waals surface area contributed by atoms with E-state index in [-0.39, 0.29) is 10.8 Å². The van der Waals surface area contributed by atoms with Crippen LogP contribution in [0.4, 0.5) is 19.6 Å². The molecule has 160 valence electrons. The van der Waals surface area contributed by atoms with Crippen LogP contribution in [0.15, 0.2) is 23.4 Å². The molecule has 8 nitrogen and oxygen atoms in total. The van der Waals surface area contributed by atoms with Crippen LogP contribution < -0.4 is 20.7 Å². The number of benzene rings is 1. The molecule has 1 aliphatic rings. The van der Waals surface area contributed by atoms with Crippen molar-refractivity contribution in [3.63, 3.8) is 0 Å². The highest BCUT2D eigenvalue weighted by atomic mass is 32.2. The number of aromatic nitrogens is 2. The van der Waals surface area contributed by atoms with E-state index in [1.807, 2.05) is 0 Å². The first kappa shape index (κ1) is 21.8. The monoisotopic (exact) mass is 446 g/mol. The molecule has 0 unspecified atom stereocenters. The van der Waals surface area contributed by atoms with E-state index in [1.54, 1.807) is 0 Å². The zero-order valence-electron chi connectivity index (χ0n) is 15.7. The summed E-state index contributed by atoms with van der Waals surface area (Å²) in [4.78, 5) is 2.89. The molecule has 3 rings (SSSR count). The van der Waals surface area contributed by atoms with Crippen LogP contribution in [-0.2, 0) is 10.0 Å². The summed E-state index contributed by atoms with van der Waals surface area (Å²) in [5.41, 5.74) is -0.0690. The van der Waals surface area contributed by atoms with E-state index < -0.39 is 26.6 Å². The van der Waals surface area contributed by atoms with Crippen LogP contribution in [0.5, 0.6) is 0 Å². The largest absolute Gasteiger partial charge is 0.383 e. The Bertz CT molecular complexity index is 890. The van der Waals surface area contributed by atoms with E-state index in [0.29, 0.717) is 18.7 Å². The zero-order chi connectivity index (χ0) is 20.7. The zero-order valence-corrected chi connectivity index (χ0v) is 17.4. The predicted molar refractivity (Wildman–Crippen MR) is 109 cm³/mol. The topological polar surface area (TPSA) is 108 Å². The van der Waals surface area contributed by atoms with E-state index in [4.69, 9.17) is 0 Å². The maximum Gasteiger partial charge on any atom is 0.266 e. The Hall–Kier alpha value is -1.89. The Balaban J connectivity index is 1.46. The number of nitrogens with zero attached hydrogens (tertiary/aromatic N) is 2. The molecule has 0 saturated carbocycles. The molecule has 1 saturated heterocycles. The lowest BCUT2D eigenvalue weighted by molar-refractivity contribution is 0.525. The van der Waals surface area contributed by atoms with Crippen LogP contribution in [-0.4, -0.2) is 50.0 Å².